The van der Waals surface area contributed by atoms with E-state index in [9.17, 15) is 0 Å². The molecule has 0 saturated heterocycles. The average molecular weight is 523 g/mol. The number of fused-ring (bicyclic) bond motifs is 1. The van der Waals surface area contributed by atoms with Crippen LogP contribution in [0.25, 0.3) is 10.9 Å². The molecule has 1 aromatic carbocycles. The van der Waals surface area contributed by atoms with Crippen molar-refractivity contribution in [1.29, 1.82) is 0 Å². The number of aromatic nitrogens is 3. The summed E-state index contributed by atoms with van der Waals surface area (Å²) in [5.74, 6) is 0.847. The number of rotatable bonds is 8. The topological polar surface area (TPSA) is 73.3 Å². The van der Waals surface area contributed by atoms with E-state index in [-0.39, 0.29) is 30.0 Å². The van der Waals surface area contributed by atoms with Crippen LogP contribution in [-0.2, 0) is 13.5 Å². The first-order chi connectivity index (χ1) is 14.0. The maximum Gasteiger partial charge on any atom is 0.191 e. The number of H-pyrrole nitrogens is 1. The predicted octanol–water partition coefficient (Wildman–Crippen LogP) is 3.23. The standard InChI is InChI=1S/C22H33N7.HI/c1-6-23-22(26-14-20(28(3)4)18-13-27-29(5)15-18)24-11-10-17-12-25-19-9-7-8-16(2)21(17)19;/h7-9,12-13,15,20,25H,6,10-11,14H2,1-5H3,(H2,23,24,26);1H. The Kier molecular flexibility index (Phi) is 9.16. The van der Waals surface area contributed by atoms with Crippen molar-refractivity contribution in [2.24, 2.45) is 12.0 Å². The zero-order valence-corrected chi connectivity index (χ0v) is 20.9. The van der Waals surface area contributed by atoms with E-state index < -0.39 is 0 Å². The third-order valence-corrected chi connectivity index (χ3v) is 5.18. The second kappa shape index (κ2) is 11.4. The molecular formula is C22H34IN7. The van der Waals surface area contributed by atoms with Gasteiger partial charge in [0.25, 0.3) is 0 Å². The fraction of sp³-hybridized carbons (Fsp3) is 0.455. The number of benzene rings is 1. The minimum absolute atomic E-state index is 0. The second-order valence-corrected chi connectivity index (χ2v) is 7.63. The molecule has 1 unspecified atom stereocenters. The maximum atomic E-state index is 4.83. The molecule has 3 rings (SSSR count). The lowest BCUT2D eigenvalue weighted by Gasteiger charge is -2.22. The molecule has 7 nitrogen and oxygen atoms in total. The van der Waals surface area contributed by atoms with Crippen LogP contribution in [0.5, 0.6) is 0 Å². The highest BCUT2D eigenvalue weighted by Crippen LogP contribution is 2.22. The first-order valence-corrected chi connectivity index (χ1v) is 10.2. The predicted molar refractivity (Wildman–Crippen MR) is 136 cm³/mol. The molecule has 3 N–H and O–H groups in total. The number of hydrogen-bond donors (Lipinski definition) is 3. The molecule has 0 fully saturated rings. The molecule has 0 aliphatic carbocycles. The van der Waals surface area contributed by atoms with Gasteiger partial charge in [-0.2, -0.15) is 5.10 Å². The highest BCUT2D eigenvalue weighted by Gasteiger charge is 2.15. The Morgan fingerprint density at radius 2 is 2.10 bits per heavy atom. The lowest BCUT2D eigenvalue weighted by atomic mass is 10.1. The van der Waals surface area contributed by atoms with E-state index >= 15 is 0 Å². The number of guanidine groups is 1. The summed E-state index contributed by atoms with van der Waals surface area (Å²) in [7, 11) is 6.09. The summed E-state index contributed by atoms with van der Waals surface area (Å²) >= 11 is 0. The number of likely N-dealkylation sites (N-methyl/N-ethyl adjacent to an activating group) is 1. The van der Waals surface area contributed by atoms with E-state index in [0.717, 1.165) is 25.5 Å². The van der Waals surface area contributed by atoms with Crippen LogP contribution in [0.15, 0.2) is 41.8 Å². The molecule has 164 valence electrons. The van der Waals surface area contributed by atoms with Crippen molar-refractivity contribution in [2.45, 2.75) is 26.3 Å². The summed E-state index contributed by atoms with van der Waals surface area (Å²) in [5.41, 5.74) is 5.02. The lowest BCUT2D eigenvalue weighted by molar-refractivity contribution is 0.306. The van der Waals surface area contributed by atoms with Gasteiger partial charge in [-0.1, -0.05) is 12.1 Å². The number of aliphatic imine (C=N–C) groups is 1. The molecule has 30 heavy (non-hydrogen) atoms. The quantitative estimate of drug-likeness (QED) is 0.241. The van der Waals surface area contributed by atoms with Gasteiger partial charge in [-0.3, -0.25) is 9.67 Å². The molecule has 0 radical (unpaired) electrons. The molecule has 0 saturated carbocycles. The van der Waals surface area contributed by atoms with Crippen LogP contribution in [0.3, 0.4) is 0 Å². The summed E-state index contributed by atoms with van der Waals surface area (Å²) in [6.07, 6.45) is 7.03. The van der Waals surface area contributed by atoms with E-state index in [1.165, 1.54) is 27.6 Å². The molecule has 8 heteroatoms. The largest absolute Gasteiger partial charge is 0.361 e. The Labute approximate surface area is 196 Å². The van der Waals surface area contributed by atoms with Gasteiger partial charge in [-0.05, 0) is 51.6 Å². The molecule has 1 atom stereocenters. The van der Waals surface area contributed by atoms with E-state index in [0.29, 0.717) is 6.54 Å². The molecular weight excluding hydrogens is 489 g/mol. The van der Waals surface area contributed by atoms with Crippen molar-refractivity contribution in [1.82, 2.24) is 30.3 Å². The molecule has 2 heterocycles. The van der Waals surface area contributed by atoms with Crippen LogP contribution in [0, 0.1) is 6.92 Å². The molecule has 0 aliphatic rings. The van der Waals surface area contributed by atoms with Crippen molar-refractivity contribution in [3.05, 3.63) is 53.5 Å². The van der Waals surface area contributed by atoms with E-state index in [2.05, 4.69) is 84.2 Å². The van der Waals surface area contributed by atoms with Crippen molar-refractivity contribution >= 4 is 40.8 Å². The summed E-state index contributed by atoms with van der Waals surface area (Å²) in [4.78, 5) is 10.4. The Morgan fingerprint density at radius 3 is 2.77 bits per heavy atom. The molecule has 3 aromatic rings. The first-order valence-electron chi connectivity index (χ1n) is 10.2. The average Bonchev–Trinajstić information content (AvgIpc) is 3.29. The van der Waals surface area contributed by atoms with Gasteiger partial charge in [0.05, 0.1) is 18.8 Å². The van der Waals surface area contributed by atoms with Crippen LogP contribution >= 0.6 is 24.0 Å². The number of nitrogens with zero attached hydrogens (tertiary/aromatic N) is 4. The summed E-state index contributed by atoms with van der Waals surface area (Å²) in [6, 6.07) is 6.58. The van der Waals surface area contributed by atoms with Crippen LogP contribution in [0.4, 0.5) is 0 Å². The Balaban J connectivity index is 0.00000320. The lowest BCUT2D eigenvalue weighted by Crippen LogP contribution is -2.39. The SMILES string of the molecule is CCNC(=NCC(c1cnn(C)c1)N(C)C)NCCc1c[nH]c2cccc(C)c12.I. The molecule has 0 spiro atoms. The Bertz CT molecular complexity index is 957. The van der Waals surface area contributed by atoms with Crippen molar-refractivity contribution in [3.8, 4) is 0 Å². The maximum absolute atomic E-state index is 4.83. The van der Waals surface area contributed by atoms with E-state index in [1.54, 1.807) is 0 Å². The van der Waals surface area contributed by atoms with E-state index in [4.69, 9.17) is 4.99 Å². The fourth-order valence-electron chi connectivity index (χ4n) is 3.66. The van der Waals surface area contributed by atoms with Crippen LogP contribution in [-0.4, -0.2) is 59.4 Å². The minimum atomic E-state index is 0. The van der Waals surface area contributed by atoms with E-state index in [1.807, 2.05) is 17.9 Å². The Hall–Kier alpha value is -2.07. The van der Waals surface area contributed by atoms with Crippen LogP contribution < -0.4 is 10.6 Å². The van der Waals surface area contributed by atoms with Gasteiger partial charge in [-0.25, -0.2) is 0 Å². The zero-order chi connectivity index (χ0) is 20.8. The van der Waals surface area contributed by atoms with Gasteiger partial charge >= 0.3 is 0 Å². The summed E-state index contributed by atoms with van der Waals surface area (Å²) < 4.78 is 1.84. The molecule has 0 bridgehead atoms. The number of aromatic amines is 1. The number of nitrogens with one attached hydrogen (secondary N) is 3. The van der Waals surface area contributed by atoms with Gasteiger partial charge in [0.15, 0.2) is 5.96 Å². The van der Waals surface area contributed by atoms with Crippen molar-refractivity contribution < 1.29 is 0 Å². The smallest absolute Gasteiger partial charge is 0.191 e. The minimum Gasteiger partial charge on any atom is -0.361 e. The summed E-state index contributed by atoms with van der Waals surface area (Å²) in [6.45, 7) is 6.58. The van der Waals surface area contributed by atoms with Gasteiger partial charge in [-0.15, -0.1) is 24.0 Å². The van der Waals surface area contributed by atoms with Gasteiger partial charge in [0.2, 0.25) is 0 Å². The second-order valence-electron chi connectivity index (χ2n) is 7.63. The van der Waals surface area contributed by atoms with Crippen LogP contribution in [0.1, 0.15) is 29.7 Å². The van der Waals surface area contributed by atoms with Crippen molar-refractivity contribution in [3.63, 3.8) is 0 Å². The third kappa shape index (κ3) is 5.98. The number of aryl methyl sites for hydroxylation is 2. The van der Waals surface area contributed by atoms with Gasteiger partial charge < -0.3 is 20.5 Å². The highest BCUT2D eigenvalue weighted by atomic mass is 127. The Morgan fingerprint density at radius 1 is 1.30 bits per heavy atom. The first kappa shape index (κ1) is 24.2. The third-order valence-electron chi connectivity index (χ3n) is 5.18. The highest BCUT2D eigenvalue weighted by molar-refractivity contribution is 14.0. The molecule has 2 aromatic heterocycles. The number of hydrogen-bond acceptors (Lipinski definition) is 3. The fourth-order valence-corrected chi connectivity index (χ4v) is 3.66. The normalized spacial score (nSPS) is 12.8. The molecule has 0 aliphatic heterocycles. The van der Waals surface area contributed by atoms with Gasteiger partial charge in [0.1, 0.15) is 0 Å². The van der Waals surface area contributed by atoms with Crippen molar-refractivity contribution in [2.75, 3.05) is 33.7 Å². The van der Waals surface area contributed by atoms with Crippen LogP contribution in [0.2, 0.25) is 0 Å². The monoisotopic (exact) mass is 523 g/mol. The number of halogens is 1. The van der Waals surface area contributed by atoms with Gasteiger partial charge in [0, 0.05) is 49.0 Å². The molecule has 0 amide bonds. The zero-order valence-electron chi connectivity index (χ0n) is 18.6. The summed E-state index contributed by atoms with van der Waals surface area (Å²) in [5, 5.41) is 12.5.